The zero-order valence-corrected chi connectivity index (χ0v) is 6.94. The standard InChI is InChI=1S/C7H11ClO2/c1-3-6(8)7(9)4-5-10-2/h3H,4-5H2,1-2H3. The third-order valence-electron chi connectivity index (χ3n) is 1.05. The molecule has 0 radical (unpaired) electrons. The molecule has 0 atom stereocenters. The van der Waals surface area contributed by atoms with E-state index >= 15 is 0 Å². The molecular weight excluding hydrogens is 152 g/mol. The van der Waals surface area contributed by atoms with Crippen LogP contribution in [0, 0.1) is 0 Å². The van der Waals surface area contributed by atoms with Crippen LogP contribution >= 0.6 is 11.6 Å². The van der Waals surface area contributed by atoms with Crippen LogP contribution in [0.15, 0.2) is 11.1 Å². The highest BCUT2D eigenvalue weighted by atomic mass is 35.5. The minimum atomic E-state index is -0.0639. The Kier molecular flexibility index (Phi) is 5.26. The molecule has 0 unspecified atom stereocenters. The van der Waals surface area contributed by atoms with E-state index in [0.717, 1.165) is 0 Å². The summed E-state index contributed by atoms with van der Waals surface area (Å²) in [5.41, 5.74) is 0. The molecule has 0 aliphatic rings. The van der Waals surface area contributed by atoms with Crippen LogP contribution in [0.5, 0.6) is 0 Å². The van der Waals surface area contributed by atoms with E-state index in [-0.39, 0.29) is 10.8 Å². The third kappa shape index (κ3) is 3.64. The highest BCUT2D eigenvalue weighted by Gasteiger charge is 2.03. The Morgan fingerprint density at radius 1 is 1.70 bits per heavy atom. The van der Waals surface area contributed by atoms with Gasteiger partial charge in [0.15, 0.2) is 5.78 Å². The second-order valence-corrected chi connectivity index (χ2v) is 2.21. The van der Waals surface area contributed by atoms with Gasteiger partial charge in [0.2, 0.25) is 0 Å². The lowest BCUT2D eigenvalue weighted by Gasteiger charge is -1.95. The number of halogens is 1. The Morgan fingerprint density at radius 3 is 2.70 bits per heavy atom. The number of hydrogen-bond donors (Lipinski definition) is 0. The predicted molar refractivity (Wildman–Crippen MR) is 41.1 cm³/mol. The van der Waals surface area contributed by atoms with E-state index in [9.17, 15) is 4.79 Å². The number of allylic oxidation sites excluding steroid dienone is 2. The quantitative estimate of drug-likeness (QED) is 0.589. The molecule has 0 aromatic carbocycles. The number of hydrogen-bond acceptors (Lipinski definition) is 2. The molecule has 0 bridgehead atoms. The van der Waals surface area contributed by atoms with Crippen molar-refractivity contribution in [3.05, 3.63) is 11.1 Å². The average Bonchev–Trinajstić information content (AvgIpc) is 1.98. The van der Waals surface area contributed by atoms with Crippen LogP contribution in [0.4, 0.5) is 0 Å². The molecule has 3 heteroatoms. The fourth-order valence-electron chi connectivity index (χ4n) is 0.475. The van der Waals surface area contributed by atoms with Crippen LogP contribution in [0.3, 0.4) is 0 Å². The van der Waals surface area contributed by atoms with E-state index in [1.54, 1.807) is 20.1 Å². The maximum absolute atomic E-state index is 10.9. The maximum Gasteiger partial charge on any atom is 0.176 e. The first-order valence-corrected chi connectivity index (χ1v) is 3.44. The Labute approximate surface area is 65.8 Å². The molecule has 0 heterocycles. The summed E-state index contributed by atoms with van der Waals surface area (Å²) < 4.78 is 4.70. The molecule has 0 rings (SSSR count). The fraction of sp³-hybridized carbons (Fsp3) is 0.571. The predicted octanol–water partition coefficient (Wildman–Crippen LogP) is 1.73. The smallest absolute Gasteiger partial charge is 0.176 e. The third-order valence-corrected chi connectivity index (χ3v) is 1.48. The zero-order chi connectivity index (χ0) is 7.98. The number of ketones is 1. The van der Waals surface area contributed by atoms with Gasteiger partial charge in [0, 0.05) is 13.5 Å². The van der Waals surface area contributed by atoms with Crippen LogP contribution in [0.25, 0.3) is 0 Å². The molecule has 0 N–H and O–H groups in total. The Balaban J connectivity index is 3.63. The summed E-state index contributed by atoms with van der Waals surface area (Å²) in [5, 5.41) is 0.289. The molecule has 0 aromatic rings. The van der Waals surface area contributed by atoms with E-state index in [1.165, 1.54) is 0 Å². The number of rotatable bonds is 4. The van der Waals surface area contributed by atoms with Gasteiger partial charge in [-0.25, -0.2) is 0 Å². The average molecular weight is 163 g/mol. The topological polar surface area (TPSA) is 26.3 Å². The van der Waals surface area contributed by atoms with Gasteiger partial charge in [-0.3, -0.25) is 4.79 Å². The van der Waals surface area contributed by atoms with Gasteiger partial charge in [0.25, 0.3) is 0 Å². The molecule has 10 heavy (non-hydrogen) atoms. The Hall–Kier alpha value is -0.340. The SMILES string of the molecule is CC=C(Cl)C(=O)CCOC. The van der Waals surface area contributed by atoms with Gasteiger partial charge in [0.1, 0.15) is 0 Å². The molecule has 2 nitrogen and oxygen atoms in total. The van der Waals surface area contributed by atoms with Gasteiger partial charge in [-0.05, 0) is 6.92 Å². The summed E-state index contributed by atoms with van der Waals surface area (Å²) in [6, 6.07) is 0. The van der Waals surface area contributed by atoms with Crippen LogP contribution in [0.2, 0.25) is 0 Å². The Bertz CT molecular complexity index is 141. The van der Waals surface area contributed by atoms with Gasteiger partial charge in [-0.2, -0.15) is 0 Å². The van der Waals surface area contributed by atoms with E-state index in [4.69, 9.17) is 16.3 Å². The maximum atomic E-state index is 10.9. The first-order valence-electron chi connectivity index (χ1n) is 3.06. The monoisotopic (exact) mass is 162 g/mol. The molecule has 0 spiro atoms. The van der Waals surface area contributed by atoms with Crippen molar-refractivity contribution >= 4 is 17.4 Å². The normalized spacial score (nSPS) is 11.7. The highest BCUT2D eigenvalue weighted by Crippen LogP contribution is 2.04. The van der Waals surface area contributed by atoms with Crippen molar-refractivity contribution in [2.45, 2.75) is 13.3 Å². The summed E-state index contributed by atoms with van der Waals surface area (Å²) in [5.74, 6) is -0.0639. The molecular formula is C7H11ClO2. The first kappa shape index (κ1) is 9.66. The van der Waals surface area contributed by atoms with Gasteiger partial charge in [-0.15, -0.1) is 0 Å². The minimum Gasteiger partial charge on any atom is -0.384 e. The second kappa shape index (κ2) is 5.45. The Morgan fingerprint density at radius 2 is 2.30 bits per heavy atom. The van der Waals surface area contributed by atoms with Crippen LogP contribution in [0.1, 0.15) is 13.3 Å². The summed E-state index contributed by atoms with van der Waals surface area (Å²) in [6.45, 7) is 2.16. The number of carbonyl (C=O) groups is 1. The number of Topliss-reactive ketones (excluding diaryl/α,β-unsaturated/α-hetero) is 1. The lowest BCUT2D eigenvalue weighted by atomic mass is 10.3. The fourth-order valence-corrected chi connectivity index (χ4v) is 0.570. The molecule has 0 saturated carbocycles. The number of ether oxygens (including phenoxy) is 1. The van der Waals surface area contributed by atoms with E-state index in [0.29, 0.717) is 13.0 Å². The van der Waals surface area contributed by atoms with Gasteiger partial charge >= 0.3 is 0 Å². The number of methoxy groups -OCH3 is 1. The van der Waals surface area contributed by atoms with Crippen LogP contribution in [-0.2, 0) is 9.53 Å². The van der Waals surface area contributed by atoms with Crippen molar-refractivity contribution < 1.29 is 9.53 Å². The van der Waals surface area contributed by atoms with Crippen molar-refractivity contribution in [2.24, 2.45) is 0 Å². The van der Waals surface area contributed by atoms with E-state index in [1.807, 2.05) is 0 Å². The van der Waals surface area contributed by atoms with Crippen molar-refractivity contribution in [3.63, 3.8) is 0 Å². The van der Waals surface area contributed by atoms with Crippen LogP contribution < -0.4 is 0 Å². The molecule has 0 fully saturated rings. The molecule has 0 aliphatic carbocycles. The lowest BCUT2D eigenvalue weighted by molar-refractivity contribution is -0.115. The van der Waals surface area contributed by atoms with Crippen molar-refractivity contribution in [2.75, 3.05) is 13.7 Å². The van der Waals surface area contributed by atoms with Crippen molar-refractivity contribution in [1.82, 2.24) is 0 Å². The highest BCUT2D eigenvalue weighted by molar-refractivity contribution is 6.42. The largest absolute Gasteiger partial charge is 0.384 e. The van der Waals surface area contributed by atoms with E-state index < -0.39 is 0 Å². The molecule has 0 amide bonds. The lowest BCUT2D eigenvalue weighted by Crippen LogP contribution is -2.01. The van der Waals surface area contributed by atoms with Gasteiger partial charge < -0.3 is 4.74 Å². The second-order valence-electron chi connectivity index (χ2n) is 1.80. The summed E-state index contributed by atoms with van der Waals surface area (Å²) in [6.07, 6.45) is 1.94. The molecule has 0 aromatic heterocycles. The number of carbonyl (C=O) groups excluding carboxylic acids is 1. The summed E-state index contributed by atoms with van der Waals surface area (Å²) >= 11 is 5.51. The first-order chi connectivity index (χ1) is 4.72. The molecule has 58 valence electrons. The summed E-state index contributed by atoms with van der Waals surface area (Å²) in [4.78, 5) is 10.9. The van der Waals surface area contributed by atoms with Gasteiger partial charge in [0.05, 0.1) is 11.6 Å². The zero-order valence-electron chi connectivity index (χ0n) is 6.19. The minimum absolute atomic E-state index is 0.0639. The van der Waals surface area contributed by atoms with Crippen molar-refractivity contribution in [3.8, 4) is 0 Å². The van der Waals surface area contributed by atoms with E-state index in [2.05, 4.69) is 0 Å². The summed E-state index contributed by atoms with van der Waals surface area (Å²) in [7, 11) is 1.55. The van der Waals surface area contributed by atoms with Crippen molar-refractivity contribution in [1.29, 1.82) is 0 Å². The molecule has 0 aliphatic heterocycles. The van der Waals surface area contributed by atoms with Crippen LogP contribution in [-0.4, -0.2) is 19.5 Å². The molecule has 0 saturated heterocycles. The van der Waals surface area contributed by atoms with Gasteiger partial charge in [-0.1, -0.05) is 17.7 Å².